The first-order valence-electron chi connectivity index (χ1n) is 11.3. The van der Waals surface area contributed by atoms with Gasteiger partial charge in [0, 0.05) is 41.9 Å². The fourth-order valence-corrected chi connectivity index (χ4v) is 4.50. The molecule has 2 N–H and O–H groups in total. The fourth-order valence-electron chi connectivity index (χ4n) is 4.15. The number of hydrogen-bond donors (Lipinski definition) is 2. The summed E-state index contributed by atoms with van der Waals surface area (Å²) < 4.78 is 2.23. The number of carbonyl (C=O) groups excluding carboxylic acids is 1. The average molecular weight is 462 g/mol. The number of amides is 1. The van der Waals surface area contributed by atoms with Gasteiger partial charge in [0.2, 0.25) is 5.91 Å². The molecular formula is C26H31N5OS. The minimum absolute atomic E-state index is 0.000762. The van der Waals surface area contributed by atoms with Crippen LogP contribution in [0.2, 0.25) is 0 Å². The summed E-state index contributed by atoms with van der Waals surface area (Å²) in [6.07, 6.45) is 6.58. The van der Waals surface area contributed by atoms with Crippen molar-refractivity contribution in [1.82, 2.24) is 14.9 Å². The predicted molar refractivity (Wildman–Crippen MR) is 137 cm³/mol. The molecule has 7 heteroatoms. The first-order chi connectivity index (χ1) is 15.7. The molecule has 1 aliphatic heterocycles. The molecule has 1 fully saturated rings. The molecule has 0 bridgehead atoms. The lowest BCUT2D eigenvalue weighted by molar-refractivity contribution is -0.115. The van der Waals surface area contributed by atoms with Crippen molar-refractivity contribution in [2.24, 2.45) is 0 Å². The Bertz CT molecular complexity index is 1160. The smallest absolute Gasteiger partial charge is 0.224 e. The van der Waals surface area contributed by atoms with Gasteiger partial charge in [0.25, 0.3) is 0 Å². The second-order valence-corrected chi connectivity index (χ2v) is 9.81. The van der Waals surface area contributed by atoms with E-state index >= 15 is 0 Å². The lowest BCUT2D eigenvalue weighted by atomic mass is 9.98. The fraction of sp³-hybridized carbons (Fsp3) is 0.346. The lowest BCUT2D eigenvalue weighted by Crippen LogP contribution is -2.29. The van der Waals surface area contributed by atoms with Gasteiger partial charge in [-0.15, -0.1) is 0 Å². The topological polar surface area (TPSA) is 62.2 Å². The molecule has 0 aliphatic carbocycles. The van der Waals surface area contributed by atoms with E-state index in [9.17, 15) is 4.79 Å². The van der Waals surface area contributed by atoms with Crippen LogP contribution in [-0.4, -0.2) is 20.6 Å². The van der Waals surface area contributed by atoms with Gasteiger partial charge in [-0.2, -0.15) is 0 Å². The molecule has 6 nitrogen and oxygen atoms in total. The minimum atomic E-state index is -0.0886. The van der Waals surface area contributed by atoms with Crippen LogP contribution in [-0.2, 0) is 10.3 Å². The van der Waals surface area contributed by atoms with Gasteiger partial charge in [-0.25, -0.2) is 0 Å². The number of aromatic nitrogens is 2. The largest absolute Gasteiger partial charge is 0.351 e. The van der Waals surface area contributed by atoms with Gasteiger partial charge in [0.15, 0.2) is 5.11 Å². The monoisotopic (exact) mass is 461 g/mol. The Labute approximate surface area is 201 Å². The van der Waals surface area contributed by atoms with Crippen LogP contribution in [0, 0.1) is 6.92 Å². The highest BCUT2D eigenvalue weighted by atomic mass is 32.1. The maximum atomic E-state index is 11.9. The van der Waals surface area contributed by atoms with Crippen LogP contribution >= 0.6 is 12.2 Å². The second-order valence-electron chi connectivity index (χ2n) is 9.42. The number of aryl methyl sites for hydroxylation is 1. The molecular weight excluding hydrogens is 430 g/mol. The van der Waals surface area contributed by atoms with Crippen molar-refractivity contribution in [3.63, 3.8) is 0 Å². The molecule has 33 heavy (non-hydrogen) atoms. The summed E-state index contributed by atoms with van der Waals surface area (Å²) in [7, 11) is 0. The first-order valence-corrected chi connectivity index (χ1v) is 11.7. The summed E-state index contributed by atoms with van der Waals surface area (Å²) in [6.45, 7) is 10.4. The summed E-state index contributed by atoms with van der Waals surface area (Å²) in [5, 5.41) is 7.13. The first kappa shape index (κ1) is 23.0. The zero-order chi connectivity index (χ0) is 23.8. The van der Waals surface area contributed by atoms with Crippen molar-refractivity contribution in [1.29, 1.82) is 0 Å². The second kappa shape index (κ2) is 8.98. The third-order valence-electron chi connectivity index (χ3n) is 6.01. The molecule has 2 aromatic heterocycles. The number of anilines is 2. The molecule has 0 saturated carbocycles. The Kier molecular flexibility index (Phi) is 6.26. The maximum Gasteiger partial charge on any atom is 0.224 e. The van der Waals surface area contributed by atoms with Gasteiger partial charge < -0.3 is 20.1 Å². The van der Waals surface area contributed by atoms with Gasteiger partial charge in [0.05, 0.1) is 17.8 Å². The van der Waals surface area contributed by atoms with Crippen molar-refractivity contribution >= 4 is 34.6 Å². The third kappa shape index (κ3) is 4.64. The van der Waals surface area contributed by atoms with Gasteiger partial charge in [0.1, 0.15) is 0 Å². The van der Waals surface area contributed by atoms with E-state index in [1.807, 2.05) is 50.4 Å². The summed E-state index contributed by atoms with van der Waals surface area (Å²) in [5.41, 5.74) is 4.87. The molecule has 1 aliphatic rings. The van der Waals surface area contributed by atoms with E-state index in [4.69, 9.17) is 12.2 Å². The zero-order valence-corrected chi connectivity index (χ0v) is 20.6. The van der Waals surface area contributed by atoms with Crippen molar-refractivity contribution < 1.29 is 4.79 Å². The van der Waals surface area contributed by atoms with E-state index < -0.39 is 0 Å². The Morgan fingerprint density at radius 3 is 2.61 bits per heavy atom. The summed E-state index contributed by atoms with van der Waals surface area (Å²) in [5.74, 6) is 0.000762. The quantitative estimate of drug-likeness (QED) is 0.493. The van der Waals surface area contributed by atoms with E-state index in [-0.39, 0.29) is 23.5 Å². The van der Waals surface area contributed by atoms with Crippen LogP contribution in [0.1, 0.15) is 63.0 Å². The summed E-state index contributed by atoms with van der Waals surface area (Å²) in [6, 6.07) is 14.0. The molecule has 4 rings (SSSR count). The van der Waals surface area contributed by atoms with Gasteiger partial charge in [-0.3, -0.25) is 9.78 Å². The van der Waals surface area contributed by atoms with Gasteiger partial charge >= 0.3 is 0 Å². The van der Waals surface area contributed by atoms with E-state index in [0.717, 1.165) is 28.2 Å². The summed E-state index contributed by atoms with van der Waals surface area (Å²) in [4.78, 5) is 18.7. The standard InChI is InChI=1S/C26H31N5OS/c1-6-22(32)28-20-11-10-19(15-17(20)2)31-24(18-12-14-30(16-18)26(3,4)5)23(29-25(31)33)21-9-7-8-13-27-21/h7-16,23-24H,6H2,1-5H3,(H,28,32)(H,29,33). The number of nitrogens with zero attached hydrogens (tertiary/aromatic N) is 3. The Hall–Kier alpha value is -3.19. The molecule has 1 amide bonds. The van der Waals surface area contributed by atoms with Crippen LogP contribution in [0.15, 0.2) is 61.1 Å². The zero-order valence-electron chi connectivity index (χ0n) is 19.8. The molecule has 0 radical (unpaired) electrons. The number of rotatable bonds is 5. The number of hydrogen-bond acceptors (Lipinski definition) is 3. The number of thiocarbonyl (C=S) groups is 1. The Morgan fingerprint density at radius 1 is 1.21 bits per heavy atom. The molecule has 3 heterocycles. The van der Waals surface area contributed by atoms with Crippen LogP contribution in [0.5, 0.6) is 0 Å². The lowest BCUT2D eigenvalue weighted by Gasteiger charge is -2.28. The molecule has 0 spiro atoms. The molecule has 172 valence electrons. The highest BCUT2D eigenvalue weighted by Gasteiger charge is 2.41. The highest BCUT2D eigenvalue weighted by molar-refractivity contribution is 7.80. The van der Waals surface area contributed by atoms with E-state index in [0.29, 0.717) is 11.5 Å². The number of nitrogens with one attached hydrogen (secondary N) is 2. The van der Waals surface area contributed by atoms with Crippen LogP contribution in [0.4, 0.5) is 11.4 Å². The summed E-state index contributed by atoms with van der Waals surface area (Å²) >= 11 is 5.83. The minimum Gasteiger partial charge on any atom is -0.351 e. The number of benzene rings is 1. The Morgan fingerprint density at radius 2 is 2.00 bits per heavy atom. The highest BCUT2D eigenvalue weighted by Crippen LogP contribution is 2.42. The number of carbonyl (C=O) groups is 1. The maximum absolute atomic E-state index is 11.9. The molecule has 3 aromatic rings. The SMILES string of the molecule is CCC(=O)Nc1ccc(N2C(=S)NC(c3ccccn3)C2c2ccn(C(C)(C)C)c2)cc1C. The van der Waals surface area contributed by atoms with Crippen molar-refractivity contribution in [3.8, 4) is 0 Å². The van der Waals surface area contributed by atoms with Gasteiger partial charge in [-0.05, 0) is 87.4 Å². The normalized spacial score (nSPS) is 18.3. The van der Waals surface area contributed by atoms with Crippen LogP contribution < -0.4 is 15.5 Å². The third-order valence-corrected chi connectivity index (χ3v) is 6.33. The van der Waals surface area contributed by atoms with E-state index in [1.54, 1.807) is 0 Å². The molecule has 1 saturated heterocycles. The van der Waals surface area contributed by atoms with Crippen LogP contribution in [0.25, 0.3) is 0 Å². The average Bonchev–Trinajstić information content (AvgIpc) is 3.40. The van der Waals surface area contributed by atoms with E-state index in [2.05, 4.69) is 70.4 Å². The van der Waals surface area contributed by atoms with Crippen molar-refractivity contribution in [2.75, 3.05) is 10.2 Å². The Balaban J connectivity index is 1.77. The van der Waals surface area contributed by atoms with Crippen LogP contribution in [0.3, 0.4) is 0 Å². The predicted octanol–water partition coefficient (Wildman–Crippen LogP) is 5.47. The van der Waals surface area contributed by atoms with E-state index in [1.165, 1.54) is 0 Å². The molecule has 2 unspecified atom stereocenters. The molecule has 1 aromatic carbocycles. The molecule has 2 atom stereocenters. The van der Waals surface area contributed by atoms with Gasteiger partial charge in [-0.1, -0.05) is 13.0 Å². The van der Waals surface area contributed by atoms with Crippen molar-refractivity contribution in [2.45, 2.75) is 58.7 Å². The number of pyridine rings is 1. The van der Waals surface area contributed by atoms with Crippen molar-refractivity contribution in [3.05, 3.63) is 77.9 Å².